The number of nitrogens with zero attached hydrogens (tertiary/aromatic N) is 3. The lowest BCUT2D eigenvalue weighted by molar-refractivity contribution is -0.120. The number of amides is 1. The lowest BCUT2D eigenvalue weighted by atomic mass is 10.2. The Hall–Kier alpha value is -2.67. The highest BCUT2D eigenvalue weighted by molar-refractivity contribution is 8.00. The van der Waals surface area contributed by atoms with Crippen LogP contribution < -0.4 is 5.32 Å². The van der Waals surface area contributed by atoms with Crippen molar-refractivity contribution in [2.75, 3.05) is 0 Å². The quantitative estimate of drug-likeness (QED) is 0.633. The summed E-state index contributed by atoms with van der Waals surface area (Å²) in [4.78, 5) is 12.4. The van der Waals surface area contributed by atoms with Crippen LogP contribution in [0.1, 0.15) is 23.9 Å². The van der Waals surface area contributed by atoms with E-state index in [0.29, 0.717) is 18.2 Å². The van der Waals surface area contributed by atoms with Crippen molar-refractivity contribution in [3.8, 4) is 0 Å². The van der Waals surface area contributed by atoms with Crippen LogP contribution in [0.4, 0.5) is 4.39 Å². The molecule has 0 fully saturated rings. The number of thioether (sulfide) groups is 1. The summed E-state index contributed by atoms with van der Waals surface area (Å²) < 4.78 is 14.9. The first-order valence-corrected chi connectivity index (χ1v) is 9.53. The Balaban J connectivity index is 1.61. The van der Waals surface area contributed by atoms with Gasteiger partial charge in [-0.25, -0.2) is 4.39 Å². The molecule has 0 spiro atoms. The van der Waals surface area contributed by atoms with Gasteiger partial charge in [0.15, 0.2) is 5.16 Å². The minimum atomic E-state index is -0.330. The maximum atomic E-state index is 12.9. The van der Waals surface area contributed by atoms with Crippen LogP contribution in [-0.4, -0.2) is 25.9 Å². The second-order valence-electron chi connectivity index (χ2n) is 6.21. The Morgan fingerprint density at radius 1 is 1.11 bits per heavy atom. The maximum Gasteiger partial charge on any atom is 0.233 e. The Kier molecular flexibility index (Phi) is 6.24. The molecule has 0 bridgehead atoms. The Bertz CT molecular complexity index is 896. The van der Waals surface area contributed by atoms with Gasteiger partial charge in [0, 0.05) is 6.54 Å². The van der Waals surface area contributed by atoms with Crippen molar-refractivity contribution in [1.29, 1.82) is 0 Å². The average molecular weight is 384 g/mol. The molecule has 3 rings (SSSR count). The number of halogens is 1. The summed E-state index contributed by atoms with van der Waals surface area (Å²) in [5, 5.41) is 11.6. The van der Waals surface area contributed by atoms with Gasteiger partial charge in [-0.05, 0) is 37.1 Å². The highest BCUT2D eigenvalue weighted by Crippen LogP contribution is 2.23. The van der Waals surface area contributed by atoms with Gasteiger partial charge in [0.2, 0.25) is 5.91 Å². The summed E-state index contributed by atoms with van der Waals surface area (Å²) in [7, 11) is 0. The number of carbonyl (C=O) groups is 1. The molecule has 27 heavy (non-hydrogen) atoms. The van der Waals surface area contributed by atoms with Crippen LogP contribution in [0.5, 0.6) is 0 Å². The zero-order valence-corrected chi connectivity index (χ0v) is 16.0. The second kappa shape index (κ2) is 8.81. The first kappa shape index (κ1) is 19.1. The molecule has 0 aliphatic heterocycles. The Morgan fingerprint density at radius 2 is 1.81 bits per heavy atom. The van der Waals surface area contributed by atoms with E-state index in [1.165, 1.54) is 23.9 Å². The normalized spacial score (nSPS) is 12.0. The summed E-state index contributed by atoms with van der Waals surface area (Å²) in [5.74, 6) is 0.415. The van der Waals surface area contributed by atoms with Crippen LogP contribution in [0.3, 0.4) is 0 Å². The average Bonchev–Trinajstić information content (AvgIpc) is 3.01. The van der Waals surface area contributed by atoms with E-state index in [1.807, 2.05) is 48.7 Å². The van der Waals surface area contributed by atoms with Gasteiger partial charge in [-0.1, -0.05) is 54.2 Å². The molecular formula is C20H21FN4OS. The van der Waals surface area contributed by atoms with Gasteiger partial charge >= 0.3 is 0 Å². The molecule has 140 valence electrons. The minimum Gasteiger partial charge on any atom is -0.351 e. The molecule has 1 unspecified atom stereocenters. The van der Waals surface area contributed by atoms with Crippen molar-refractivity contribution in [1.82, 2.24) is 20.1 Å². The predicted octanol–water partition coefficient (Wildman–Crippen LogP) is 3.57. The van der Waals surface area contributed by atoms with Crippen molar-refractivity contribution < 1.29 is 9.18 Å². The molecule has 0 saturated carbocycles. The van der Waals surface area contributed by atoms with Gasteiger partial charge in [-0.15, -0.1) is 10.2 Å². The number of aryl methyl sites for hydroxylation is 1. The van der Waals surface area contributed by atoms with Crippen LogP contribution in [0.2, 0.25) is 0 Å². The first-order chi connectivity index (χ1) is 13.0. The zero-order chi connectivity index (χ0) is 19.2. The largest absolute Gasteiger partial charge is 0.351 e. The molecule has 2 aromatic carbocycles. The van der Waals surface area contributed by atoms with Gasteiger partial charge in [-0.3, -0.25) is 4.79 Å². The third kappa shape index (κ3) is 5.17. The maximum absolute atomic E-state index is 12.9. The lowest BCUT2D eigenvalue weighted by Crippen LogP contribution is -2.30. The molecule has 5 nitrogen and oxygen atoms in total. The standard InChI is InChI=1S/C20H21FN4OS/c1-14(19(26)22-12-16-8-10-18(21)11-9-16)27-20-24-23-15(2)25(20)13-17-6-4-3-5-7-17/h3-11,14H,12-13H2,1-2H3,(H,22,26). The van der Waals surface area contributed by atoms with Gasteiger partial charge in [0.05, 0.1) is 11.8 Å². The predicted molar refractivity (Wildman–Crippen MR) is 104 cm³/mol. The zero-order valence-electron chi connectivity index (χ0n) is 15.2. The Labute approximate surface area is 162 Å². The molecule has 1 amide bonds. The number of aromatic nitrogens is 3. The highest BCUT2D eigenvalue weighted by atomic mass is 32.2. The molecule has 3 aromatic rings. The molecular weight excluding hydrogens is 363 g/mol. The number of benzene rings is 2. The smallest absolute Gasteiger partial charge is 0.233 e. The fourth-order valence-electron chi connectivity index (χ4n) is 2.54. The molecule has 1 N–H and O–H groups in total. The topological polar surface area (TPSA) is 59.8 Å². The van der Waals surface area contributed by atoms with Crippen LogP contribution in [0.15, 0.2) is 59.8 Å². The van der Waals surface area contributed by atoms with E-state index in [0.717, 1.165) is 17.0 Å². The van der Waals surface area contributed by atoms with Crippen molar-refractivity contribution >= 4 is 17.7 Å². The minimum absolute atomic E-state index is 0.101. The number of carbonyl (C=O) groups excluding carboxylic acids is 1. The van der Waals surface area contributed by atoms with Crippen LogP contribution in [0, 0.1) is 12.7 Å². The van der Waals surface area contributed by atoms with E-state index in [2.05, 4.69) is 15.5 Å². The van der Waals surface area contributed by atoms with E-state index >= 15 is 0 Å². The van der Waals surface area contributed by atoms with Gasteiger partial charge in [0.1, 0.15) is 11.6 Å². The molecule has 1 heterocycles. The molecule has 0 aliphatic carbocycles. The van der Waals surface area contributed by atoms with Crippen LogP contribution in [-0.2, 0) is 17.9 Å². The summed E-state index contributed by atoms with van der Waals surface area (Å²) in [6.45, 7) is 4.76. The van der Waals surface area contributed by atoms with Gasteiger partial charge in [0.25, 0.3) is 0 Å². The van der Waals surface area contributed by atoms with Crippen LogP contribution in [0.25, 0.3) is 0 Å². The summed E-state index contributed by atoms with van der Waals surface area (Å²) in [6, 6.07) is 16.1. The first-order valence-electron chi connectivity index (χ1n) is 8.65. The fraction of sp³-hybridized carbons (Fsp3) is 0.250. The molecule has 7 heteroatoms. The van der Waals surface area contributed by atoms with Gasteiger partial charge < -0.3 is 9.88 Å². The van der Waals surface area contributed by atoms with E-state index < -0.39 is 0 Å². The summed E-state index contributed by atoms with van der Waals surface area (Å²) in [6.07, 6.45) is 0. The molecule has 0 aliphatic rings. The molecule has 0 saturated heterocycles. The van der Waals surface area contributed by atoms with Crippen molar-refractivity contribution in [3.63, 3.8) is 0 Å². The number of nitrogens with one attached hydrogen (secondary N) is 1. The van der Waals surface area contributed by atoms with Gasteiger partial charge in [-0.2, -0.15) is 0 Å². The lowest BCUT2D eigenvalue weighted by Gasteiger charge is -2.13. The highest BCUT2D eigenvalue weighted by Gasteiger charge is 2.19. The second-order valence-corrected chi connectivity index (χ2v) is 7.51. The van der Waals surface area contributed by atoms with Crippen LogP contribution >= 0.6 is 11.8 Å². The van der Waals surface area contributed by atoms with E-state index in [4.69, 9.17) is 0 Å². The number of hydrogen-bond acceptors (Lipinski definition) is 4. The number of hydrogen-bond donors (Lipinski definition) is 1. The Morgan fingerprint density at radius 3 is 2.52 bits per heavy atom. The summed E-state index contributed by atoms with van der Waals surface area (Å²) >= 11 is 1.37. The number of rotatable bonds is 7. The van der Waals surface area contributed by atoms with E-state index in [1.54, 1.807) is 12.1 Å². The van der Waals surface area contributed by atoms with Crippen molar-refractivity contribution in [2.24, 2.45) is 0 Å². The molecule has 0 radical (unpaired) electrons. The van der Waals surface area contributed by atoms with Crippen molar-refractivity contribution in [2.45, 2.75) is 37.3 Å². The molecule has 1 aromatic heterocycles. The fourth-order valence-corrected chi connectivity index (χ4v) is 3.46. The van der Waals surface area contributed by atoms with E-state index in [9.17, 15) is 9.18 Å². The monoisotopic (exact) mass is 384 g/mol. The third-order valence-corrected chi connectivity index (χ3v) is 5.20. The summed E-state index contributed by atoms with van der Waals surface area (Å²) in [5.41, 5.74) is 2.00. The van der Waals surface area contributed by atoms with Crippen molar-refractivity contribution in [3.05, 3.63) is 77.4 Å². The third-order valence-electron chi connectivity index (χ3n) is 4.12. The van der Waals surface area contributed by atoms with E-state index in [-0.39, 0.29) is 17.0 Å². The molecule has 1 atom stereocenters. The SMILES string of the molecule is Cc1nnc(SC(C)C(=O)NCc2ccc(F)cc2)n1Cc1ccccc1.